The van der Waals surface area contributed by atoms with Crippen molar-refractivity contribution in [3.05, 3.63) is 218 Å². The molecule has 5 heterocycles. The summed E-state index contributed by atoms with van der Waals surface area (Å²) >= 11 is 13.0. The Bertz CT molecular complexity index is 4080. The second kappa shape index (κ2) is 32.7. The highest BCUT2D eigenvalue weighted by molar-refractivity contribution is 9.11. The van der Waals surface area contributed by atoms with Crippen LogP contribution in [0.25, 0.3) is 40.0 Å². The van der Waals surface area contributed by atoms with Crippen LogP contribution in [-0.2, 0) is 27.6 Å². The van der Waals surface area contributed by atoms with Crippen LogP contribution in [-0.4, -0.2) is 111 Å². The molecule has 6 amide bonds. The lowest BCUT2D eigenvalue weighted by atomic mass is 10.1. The molecule has 6 aromatic carbocycles. The topological polar surface area (TPSA) is 270 Å². The number of terminal acetylenes is 1. The monoisotopic (exact) mass is 1490 g/mol. The highest BCUT2D eigenvalue weighted by atomic mass is 79.9. The van der Waals surface area contributed by atoms with Gasteiger partial charge in [0.15, 0.2) is 11.5 Å². The van der Waals surface area contributed by atoms with Crippen molar-refractivity contribution in [2.45, 2.75) is 27.1 Å². The summed E-state index contributed by atoms with van der Waals surface area (Å²) in [6, 6.07) is 38.8. The summed E-state index contributed by atoms with van der Waals surface area (Å²) < 4.78 is 22.7. The van der Waals surface area contributed by atoms with E-state index in [0.717, 1.165) is 92.6 Å². The fraction of sp³-hybridized carbons (Fsp3) is 0.129. The zero-order chi connectivity index (χ0) is 64.6. The van der Waals surface area contributed by atoms with Gasteiger partial charge in [-0.15, -0.1) is 29.0 Å². The number of likely N-dealkylation sites (N-methyl/N-ethyl adjacent to an activating group) is 3. The lowest BCUT2D eigenvalue weighted by Crippen LogP contribution is -2.22. The number of thioether (sulfide) groups is 3. The Kier molecular flexibility index (Phi) is 25.0. The number of azide groups is 1. The van der Waals surface area contributed by atoms with Crippen molar-refractivity contribution in [1.82, 2.24) is 44.7 Å². The van der Waals surface area contributed by atoms with Gasteiger partial charge in [-0.25, -0.2) is 9.36 Å². The van der Waals surface area contributed by atoms with E-state index in [0.29, 0.717) is 53.3 Å². The second-order valence-corrected chi connectivity index (χ2v) is 24.5. The smallest absolute Gasteiger partial charge is 0.293 e. The molecular formula is C62H50Br3ClN12O10S3. The largest absolute Gasteiger partial charge is 0.504 e. The molecule has 0 bridgehead atoms. The lowest BCUT2D eigenvalue weighted by Gasteiger charge is -2.11. The van der Waals surface area contributed by atoms with Crippen LogP contribution >= 0.6 is 95.5 Å². The van der Waals surface area contributed by atoms with Gasteiger partial charge in [-0.05, 0) is 161 Å². The van der Waals surface area contributed by atoms with Crippen molar-refractivity contribution in [1.29, 1.82) is 0 Å². The van der Waals surface area contributed by atoms with Crippen LogP contribution < -0.4 is 14.2 Å². The lowest BCUT2D eigenvalue weighted by molar-refractivity contribution is -0.122. The maximum Gasteiger partial charge on any atom is 0.293 e. The number of halogens is 4. The van der Waals surface area contributed by atoms with Crippen molar-refractivity contribution >= 4 is 153 Å². The minimum absolute atomic E-state index is 0. The number of carbonyl (C=O) groups excluding carboxylic acids is 6. The molecule has 3 aliphatic heterocycles. The Balaban J connectivity index is 0.000000183. The van der Waals surface area contributed by atoms with E-state index < -0.39 is 0 Å². The normalized spacial score (nSPS) is 14.7. The predicted molar refractivity (Wildman–Crippen MR) is 363 cm³/mol. The van der Waals surface area contributed by atoms with Gasteiger partial charge in [-0.1, -0.05) is 136 Å². The molecule has 22 nitrogen and oxygen atoms in total. The van der Waals surface area contributed by atoms with Crippen LogP contribution in [0.5, 0.6) is 23.0 Å². The van der Waals surface area contributed by atoms with E-state index in [-0.39, 0.29) is 77.2 Å². The van der Waals surface area contributed by atoms with E-state index >= 15 is 0 Å². The number of aryl methyl sites for hydroxylation is 2. The molecule has 3 aliphatic rings. The first-order valence-electron chi connectivity index (χ1n) is 26.3. The fourth-order valence-electron chi connectivity index (χ4n) is 7.83. The van der Waals surface area contributed by atoms with E-state index in [4.69, 9.17) is 26.2 Å². The molecule has 2 aromatic heterocycles. The third-order valence-corrected chi connectivity index (χ3v) is 17.5. The molecule has 0 spiro atoms. The zero-order valence-electron chi connectivity index (χ0n) is 48.5. The molecule has 0 unspecified atom stereocenters. The number of phenolic OH excluding ortho intramolecular Hbond substituents is 1. The average Bonchev–Trinajstić information content (AvgIpc) is 2.87. The van der Waals surface area contributed by atoms with Crippen molar-refractivity contribution in [2.24, 2.45) is 5.11 Å². The molecule has 0 radical (unpaired) electrons. The number of hydrogen-bond donors (Lipinski definition) is 1. The van der Waals surface area contributed by atoms with Crippen molar-refractivity contribution < 1.29 is 48.1 Å². The number of aromatic nitrogens is 6. The number of ether oxygens (including phenoxy) is 3. The van der Waals surface area contributed by atoms with Crippen molar-refractivity contribution in [2.75, 3.05) is 27.7 Å². The number of phenols is 1. The third kappa shape index (κ3) is 18.4. The van der Waals surface area contributed by atoms with Crippen molar-refractivity contribution in [3.8, 4) is 46.7 Å². The Hall–Kier alpha value is -8.91. The standard InChI is InChI=1S/C21H17BrN4O3S.C20H15BrN4O4S.C15H12BrNO3S.C6H5N3.ClH/c1-13-8-17(22)14(10-19-20(27)25(2)21(28)30-19)9-18(13)29-12-15-11-26(24-23-15)16-6-4-3-5-7-16;1-24-19(27)18(30-20(24)28)8-12-7-17(16(26)9-15(12)21)29-11-13-10-25(23-22-13)14-5-3-2-4-6-14;1-4-5-20-12-7-10(11(16)6-9(12)2)8-13-14(18)17(3)15(19)21-13;7-9-8-6-4-2-1-3-5-6;/h3-11H,12H2,1-2H3;2-10,26H,11H2,1H3;1,6-8H,5H2,2-3H3;1-5H;1H/b19-10-;18-8-;13-8-;;. The molecule has 0 saturated carbocycles. The number of imide groups is 3. The number of nitrogens with zero attached hydrogens (tertiary/aromatic N) is 12. The number of carbonyl (C=O) groups is 6. The van der Waals surface area contributed by atoms with E-state index in [9.17, 15) is 33.9 Å². The number of benzene rings is 6. The molecule has 3 fully saturated rings. The number of para-hydroxylation sites is 2. The van der Waals surface area contributed by atoms with Crippen LogP contribution in [0.2, 0.25) is 0 Å². The summed E-state index contributed by atoms with van der Waals surface area (Å²) in [6.45, 7) is 4.35. The van der Waals surface area contributed by atoms with Gasteiger partial charge in [0.25, 0.3) is 33.4 Å². The molecule has 0 aliphatic carbocycles. The maximum atomic E-state index is 12.2. The van der Waals surface area contributed by atoms with E-state index in [1.54, 1.807) is 58.1 Å². The second-order valence-electron chi connectivity index (χ2n) is 18.9. The van der Waals surface area contributed by atoms with E-state index in [1.807, 2.05) is 117 Å². The van der Waals surface area contributed by atoms with Crippen LogP contribution in [0.4, 0.5) is 20.1 Å². The molecule has 11 rings (SSSR count). The van der Waals surface area contributed by atoms with Gasteiger partial charge in [0.1, 0.15) is 42.7 Å². The first kappa shape index (κ1) is 69.6. The van der Waals surface area contributed by atoms with Gasteiger partial charge < -0.3 is 19.3 Å². The molecule has 91 heavy (non-hydrogen) atoms. The maximum absolute atomic E-state index is 12.2. The van der Waals surface area contributed by atoms with Gasteiger partial charge in [0.05, 0.1) is 38.5 Å². The molecule has 0 atom stereocenters. The summed E-state index contributed by atoms with van der Waals surface area (Å²) in [5, 5.41) is 29.2. The SMILES string of the molecule is C#CCOc1cc(/C=C2\SC(=O)N(C)C2=O)c(Br)cc1C.CN1C(=O)S/C(=C\c2cc(OCc3cn(-c4ccccc4)nn3)c(O)cc2Br)C1=O.Cc1cc(Br)c(/C=C2\SC(=O)N(C)C2=O)cc1OCc1cn(-c2ccccc2)nn1.Cl.[N-]=[N+]=Nc1ccccc1. The number of aromatic hydroxyl groups is 1. The molecule has 3 saturated heterocycles. The fourth-order valence-corrected chi connectivity index (χ4v) is 11.9. The van der Waals surface area contributed by atoms with Gasteiger partial charge in [0.2, 0.25) is 0 Å². The number of rotatable bonds is 14. The van der Waals surface area contributed by atoms with Crippen LogP contribution in [0.15, 0.2) is 173 Å². The first-order chi connectivity index (χ1) is 43.2. The Morgan fingerprint density at radius 1 is 0.571 bits per heavy atom. The van der Waals surface area contributed by atoms with Gasteiger partial charge in [-0.2, -0.15) is 0 Å². The summed E-state index contributed by atoms with van der Waals surface area (Å²) in [5.41, 5.74) is 15.6. The highest BCUT2D eigenvalue weighted by Crippen LogP contribution is 2.39. The molecule has 29 heteroatoms. The zero-order valence-corrected chi connectivity index (χ0v) is 56.5. The summed E-state index contributed by atoms with van der Waals surface area (Å²) in [6.07, 6.45) is 13.7. The van der Waals surface area contributed by atoms with Gasteiger partial charge >= 0.3 is 0 Å². The van der Waals surface area contributed by atoms with E-state index in [1.165, 1.54) is 27.2 Å². The predicted octanol–water partition coefficient (Wildman–Crippen LogP) is 15.0. The first-order valence-corrected chi connectivity index (χ1v) is 31.2. The van der Waals surface area contributed by atoms with Crippen molar-refractivity contribution in [3.63, 3.8) is 0 Å². The Labute approximate surface area is 565 Å². The molecule has 1 N–H and O–H groups in total. The summed E-state index contributed by atoms with van der Waals surface area (Å²) in [4.78, 5) is 78.0. The minimum Gasteiger partial charge on any atom is -0.504 e. The van der Waals surface area contributed by atoms with Gasteiger partial charge in [0, 0.05) is 45.2 Å². The number of amides is 6. The minimum atomic E-state index is -0.370. The summed E-state index contributed by atoms with van der Waals surface area (Å²) in [7, 11) is 4.37. The summed E-state index contributed by atoms with van der Waals surface area (Å²) in [5.74, 6) is 2.89. The molecular weight excluding hydrogens is 1440 g/mol. The average molecular weight is 1490 g/mol. The van der Waals surface area contributed by atoms with Crippen LogP contribution in [0.1, 0.15) is 39.2 Å². The Morgan fingerprint density at radius 3 is 1.31 bits per heavy atom. The third-order valence-electron chi connectivity index (χ3n) is 12.6. The van der Waals surface area contributed by atoms with Crippen LogP contribution in [0.3, 0.4) is 0 Å². The highest BCUT2D eigenvalue weighted by Gasteiger charge is 2.34. The van der Waals surface area contributed by atoms with Crippen LogP contribution in [0, 0.1) is 26.2 Å². The quantitative estimate of drug-likeness (QED) is 0.0348. The molecule has 8 aromatic rings. The van der Waals surface area contributed by atoms with Gasteiger partial charge in [-0.3, -0.25) is 43.5 Å². The molecule has 464 valence electrons. The number of hydrogen-bond acceptors (Lipinski definition) is 18. The Morgan fingerprint density at radius 2 is 0.934 bits per heavy atom. The van der Waals surface area contributed by atoms with E-state index in [2.05, 4.69) is 84.4 Å².